The number of halogens is 1. The van der Waals surface area contributed by atoms with Gasteiger partial charge in [-0.3, -0.25) is 4.79 Å². The maximum atomic E-state index is 14.6. The molecule has 1 aliphatic rings. The molecule has 0 spiro atoms. The number of thiazole rings is 1. The highest BCUT2D eigenvalue weighted by Gasteiger charge is 2.23. The summed E-state index contributed by atoms with van der Waals surface area (Å²) >= 11 is 1.53. The fourth-order valence-electron chi connectivity index (χ4n) is 3.37. The molecule has 0 unspecified atom stereocenters. The normalized spacial score (nSPS) is 15.2. The number of aryl methyl sites for hydroxylation is 1. The van der Waals surface area contributed by atoms with Gasteiger partial charge in [0.1, 0.15) is 6.33 Å². The van der Waals surface area contributed by atoms with Crippen molar-refractivity contribution in [3.63, 3.8) is 0 Å². The number of benzene rings is 1. The zero-order valence-corrected chi connectivity index (χ0v) is 15.9. The van der Waals surface area contributed by atoms with Crippen LogP contribution in [0, 0.1) is 5.82 Å². The first-order valence-electron chi connectivity index (χ1n) is 9.04. The van der Waals surface area contributed by atoms with E-state index in [-0.39, 0.29) is 11.7 Å². The number of carbonyl (C=O) groups excluding carboxylic acids is 1. The molecule has 0 N–H and O–H groups in total. The zero-order chi connectivity index (χ0) is 18.8. The minimum atomic E-state index is -0.351. The Hall–Kier alpha value is -2.61. The Morgan fingerprint density at radius 1 is 1.19 bits per heavy atom. The van der Waals surface area contributed by atoms with Crippen LogP contribution in [-0.4, -0.2) is 51.9 Å². The predicted octanol–water partition coefficient (Wildman–Crippen LogP) is 3.14. The Balaban J connectivity index is 1.50. The Morgan fingerprint density at radius 2 is 2.07 bits per heavy atom. The predicted molar refractivity (Wildman–Crippen MR) is 104 cm³/mol. The van der Waals surface area contributed by atoms with Gasteiger partial charge in [-0.1, -0.05) is 6.92 Å². The number of anilines is 1. The minimum absolute atomic E-state index is 0.00422. The number of carbonyl (C=O) groups is 1. The summed E-state index contributed by atoms with van der Waals surface area (Å²) in [4.78, 5) is 29.1. The van der Waals surface area contributed by atoms with Gasteiger partial charge in [0.25, 0.3) is 5.91 Å². The summed E-state index contributed by atoms with van der Waals surface area (Å²) in [6.45, 7) is 4.26. The number of nitrogens with zero attached hydrogens (tertiary/aromatic N) is 5. The molecule has 27 heavy (non-hydrogen) atoms. The summed E-state index contributed by atoms with van der Waals surface area (Å²) in [5, 5.41) is 0. The van der Waals surface area contributed by atoms with Gasteiger partial charge >= 0.3 is 0 Å². The Labute approximate surface area is 160 Å². The number of rotatable bonds is 3. The van der Waals surface area contributed by atoms with Gasteiger partial charge in [0.15, 0.2) is 11.6 Å². The second-order valence-corrected chi connectivity index (χ2v) is 7.37. The third-order valence-corrected chi connectivity index (χ3v) is 5.63. The maximum absolute atomic E-state index is 14.6. The van der Waals surface area contributed by atoms with E-state index < -0.39 is 0 Å². The third kappa shape index (κ3) is 3.49. The van der Waals surface area contributed by atoms with Crippen LogP contribution in [0.2, 0.25) is 0 Å². The highest BCUT2D eigenvalue weighted by molar-refractivity contribution is 7.16. The lowest BCUT2D eigenvalue weighted by Crippen LogP contribution is -2.35. The number of hydrogen-bond donors (Lipinski definition) is 0. The van der Waals surface area contributed by atoms with Gasteiger partial charge in [0.2, 0.25) is 0 Å². The van der Waals surface area contributed by atoms with Gasteiger partial charge in [-0.15, -0.1) is 11.3 Å². The van der Waals surface area contributed by atoms with Gasteiger partial charge < -0.3 is 9.80 Å². The van der Waals surface area contributed by atoms with Crippen LogP contribution in [0.15, 0.2) is 30.0 Å². The molecular formula is C19H20FN5OS. The lowest BCUT2D eigenvalue weighted by atomic mass is 10.2. The average molecular weight is 385 g/mol. The first-order valence-corrected chi connectivity index (χ1v) is 9.92. The third-order valence-electron chi connectivity index (χ3n) is 4.84. The number of amides is 1. The van der Waals surface area contributed by atoms with E-state index in [4.69, 9.17) is 0 Å². The van der Waals surface area contributed by atoms with Crippen molar-refractivity contribution in [3.8, 4) is 0 Å². The molecule has 1 fully saturated rings. The smallest absolute Gasteiger partial charge is 0.253 e. The van der Waals surface area contributed by atoms with E-state index in [0.29, 0.717) is 49.7 Å². The van der Waals surface area contributed by atoms with Gasteiger partial charge in [-0.05, 0) is 31.0 Å². The summed E-state index contributed by atoms with van der Waals surface area (Å²) in [5.41, 5.74) is 3.78. The maximum Gasteiger partial charge on any atom is 0.253 e. The minimum Gasteiger partial charge on any atom is -0.352 e. The molecule has 0 aliphatic carbocycles. The monoisotopic (exact) mass is 385 g/mol. The van der Waals surface area contributed by atoms with Gasteiger partial charge in [0.05, 0.1) is 21.4 Å². The van der Waals surface area contributed by atoms with Crippen molar-refractivity contribution in [1.29, 1.82) is 0 Å². The van der Waals surface area contributed by atoms with Gasteiger partial charge in [-0.2, -0.15) is 0 Å². The second-order valence-electron chi connectivity index (χ2n) is 6.48. The molecular weight excluding hydrogens is 365 g/mol. The first-order chi connectivity index (χ1) is 13.2. The van der Waals surface area contributed by atoms with Crippen molar-refractivity contribution in [2.45, 2.75) is 19.8 Å². The molecule has 1 saturated heterocycles. The lowest BCUT2D eigenvalue weighted by Gasteiger charge is -2.23. The molecule has 140 valence electrons. The van der Waals surface area contributed by atoms with E-state index in [2.05, 4.69) is 15.0 Å². The molecule has 0 bridgehead atoms. The van der Waals surface area contributed by atoms with E-state index in [1.807, 2.05) is 34.9 Å². The van der Waals surface area contributed by atoms with Gasteiger partial charge in [-0.25, -0.2) is 19.3 Å². The van der Waals surface area contributed by atoms with E-state index >= 15 is 0 Å². The molecule has 2 aromatic heterocycles. The Bertz CT molecular complexity index is 976. The summed E-state index contributed by atoms with van der Waals surface area (Å²) < 4.78 is 15.6. The molecule has 1 aliphatic heterocycles. The van der Waals surface area contributed by atoms with Crippen molar-refractivity contribution < 1.29 is 9.18 Å². The fraction of sp³-hybridized carbons (Fsp3) is 0.368. The standard InChI is InChI=1S/C19H20FN5OS/c1-2-14-17(20)18(22-11-21-14)24-6-3-7-25(9-8-24)19(26)13-4-5-15-16(10-13)27-12-23-15/h4-5,10-12H,2-3,6-9H2,1H3. The molecule has 1 aromatic carbocycles. The molecule has 0 atom stereocenters. The topological polar surface area (TPSA) is 62.2 Å². The molecule has 1 amide bonds. The van der Waals surface area contributed by atoms with E-state index in [1.54, 1.807) is 5.51 Å². The van der Waals surface area contributed by atoms with E-state index in [9.17, 15) is 9.18 Å². The van der Waals surface area contributed by atoms with E-state index in [0.717, 1.165) is 16.6 Å². The van der Waals surface area contributed by atoms with E-state index in [1.165, 1.54) is 17.7 Å². The molecule has 4 rings (SSSR count). The highest BCUT2D eigenvalue weighted by Crippen LogP contribution is 2.22. The molecule has 3 heterocycles. The van der Waals surface area contributed by atoms with Gasteiger partial charge in [0, 0.05) is 31.7 Å². The largest absolute Gasteiger partial charge is 0.352 e. The number of aromatic nitrogens is 3. The van der Waals surface area contributed by atoms with Crippen LogP contribution in [-0.2, 0) is 6.42 Å². The molecule has 0 saturated carbocycles. The van der Waals surface area contributed by atoms with Crippen molar-refractivity contribution in [3.05, 3.63) is 47.1 Å². The van der Waals surface area contributed by atoms with Crippen LogP contribution < -0.4 is 4.90 Å². The van der Waals surface area contributed by atoms with Crippen LogP contribution in [0.3, 0.4) is 0 Å². The number of hydrogen-bond acceptors (Lipinski definition) is 6. The Morgan fingerprint density at radius 3 is 2.93 bits per heavy atom. The zero-order valence-electron chi connectivity index (χ0n) is 15.1. The van der Waals surface area contributed by atoms with Crippen LogP contribution in [0.1, 0.15) is 29.4 Å². The molecule has 8 heteroatoms. The fourth-order valence-corrected chi connectivity index (χ4v) is 4.08. The van der Waals surface area contributed by atoms with Crippen LogP contribution in [0.25, 0.3) is 10.2 Å². The van der Waals surface area contributed by atoms with Crippen molar-refractivity contribution in [1.82, 2.24) is 19.9 Å². The van der Waals surface area contributed by atoms with Crippen LogP contribution in [0.4, 0.5) is 10.2 Å². The van der Waals surface area contributed by atoms with Crippen molar-refractivity contribution in [2.75, 3.05) is 31.1 Å². The second kappa shape index (κ2) is 7.56. The summed E-state index contributed by atoms with van der Waals surface area (Å²) in [6, 6.07) is 5.60. The molecule has 6 nitrogen and oxygen atoms in total. The Kier molecular flexibility index (Phi) is 4.98. The lowest BCUT2D eigenvalue weighted by molar-refractivity contribution is 0.0767. The van der Waals surface area contributed by atoms with Crippen molar-refractivity contribution in [2.24, 2.45) is 0 Å². The highest BCUT2D eigenvalue weighted by atomic mass is 32.1. The summed E-state index contributed by atoms with van der Waals surface area (Å²) in [7, 11) is 0. The van der Waals surface area contributed by atoms with Crippen molar-refractivity contribution >= 4 is 33.3 Å². The average Bonchev–Trinajstić information content (AvgIpc) is 3.03. The summed E-state index contributed by atoms with van der Waals surface area (Å²) in [5.74, 6) is -0.0118. The summed E-state index contributed by atoms with van der Waals surface area (Å²) in [6.07, 6.45) is 2.70. The molecule has 3 aromatic rings. The molecule has 0 radical (unpaired) electrons. The quantitative estimate of drug-likeness (QED) is 0.693. The number of fused-ring (bicyclic) bond motifs is 1. The van der Waals surface area contributed by atoms with Crippen LogP contribution >= 0.6 is 11.3 Å². The van der Waals surface area contributed by atoms with Crippen LogP contribution in [0.5, 0.6) is 0 Å². The first kappa shape index (κ1) is 17.8. The SMILES string of the molecule is CCc1ncnc(N2CCCN(C(=O)c3ccc4ncsc4c3)CC2)c1F.